The van der Waals surface area contributed by atoms with Crippen molar-refractivity contribution in [2.24, 2.45) is 5.73 Å². The molecular weight excluding hydrogens is 178 g/mol. The summed E-state index contributed by atoms with van der Waals surface area (Å²) >= 11 is 0. The number of nitrogens with two attached hydrogens (primary N) is 1. The van der Waals surface area contributed by atoms with Crippen LogP contribution in [0.5, 0.6) is 5.75 Å². The van der Waals surface area contributed by atoms with E-state index in [4.69, 9.17) is 10.5 Å². The van der Waals surface area contributed by atoms with E-state index < -0.39 is 5.60 Å². The Labute approximate surface area is 83.5 Å². The first-order valence-electron chi connectivity index (χ1n) is 4.77. The maximum Gasteiger partial charge on any atom is 0.124 e. The second-order valence-electron chi connectivity index (χ2n) is 3.90. The smallest absolute Gasteiger partial charge is 0.124 e. The molecule has 0 aromatic heterocycles. The van der Waals surface area contributed by atoms with Crippen LogP contribution in [0.2, 0.25) is 0 Å². The molecule has 2 rings (SSSR count). The first-order valence-corrected chi connectivity index (χ1v) is 4.77. The zero-order chi connectivity index (χ0) is 10.2. The fourth-order valence-corrected chi connectivity index (χ4v) is 2.06. The van der Waals surface area contributed by atoms with Crippen molar-refractivity contribution in [1.29, 1.82) is 0 Å². The minimum atomic E-state index is -0.772. The van der Waals surface area contributed by atoms with E-state index in [1.807, 2.05) is 24.3 Å². The summed E-state index contributed by atoms with van der Waals surface area (Å²) in [6.45, 7) is 0. The number of aliphatic hydroxyl groups is 1. The maximum absolute atomic E-state index is 10.2. The van der Waals surface area contributed by atoms with E-state index in [0.717, 1.165) is 11.3 Å². The molecule has 0 unspecified atom stereocenters. The number of hydrogen-bond acceptors (Lipinski definition) is 3. The highest BCUT2D eigenvalue weighted by atomic mass is 16.5. The average molecular weight is 193 g/mol. The predicted octanol–water partition coefficient (Wildman–Crippen LogP) is 1.00. The van der Waals surface area contributed by atoms with Crippen LogP contribution in [0.25, 0.3) is 0 Å². The van der Waals surface area contributed by atoms with E-state index in [1.54, 1.807) is 7.11 Å². The molecule has 0 radical (unpaired) electrons. The standard InChI is InChI=1S/C11H15NO2/c1-14-10-5-3-2-4-9(10)11(13)6-8(12)7-11/h2-5,8,13H,6-7,12H2,1H3. The summed E-state index contributed by atoms with van der Waals surface area (Å²) in [4.78, 5) is 0. The van der Waals surface area contributed by atoms with Crippen LogP contribution >= 0.6 is 0 Å². The lowest BCUT2D eigenvalue weighted by Crippen LogP contribution is -2.49. The second kappa shape index (κ2) is 3.26. The number of methoxy groups -OCH3 is 1. The zero-order valence-electron chi connectivity index (χ0n) is 8.23. The molecule has 1 aromatic carbocycles. The molecule has 1 aliphatic carbocycles. The quantitative estimate of drug-likeness (QED) is 0.736. The number of benzene rings is 1. The van der Waals surface area contributed by atoms with E-state index in [1.165, 1.54) is 0 Å². The number of rotatable bonds is 2. The van der Waals surface area contributed by atoms with Crippen LogP contribution in [-0.2, 0) is 5.60 Å². The van der Waals surface area contributed by atoms with Crippen LogP contribution < -0.4 is 10.5 Å². The van der Waals surface area contributed by atoms with Gasteiger partial charge in [0.1, 0.15) is 5.75 Å². The van der Waals surface area contributed by atoms with Gasteiger partial charge in [0, 0.05) is 11.6 Å². The molecule has 0 saturated heterocycles. The lowest BCUT2D eigenvalue weighted by molar-refractivity contribution is -0.0538. The molecule has 0 spiro atoms. The molecule has 3 N–H and O–H groups in total. The Kier molecular flexibility index (Phi) is 2.21. The number of ether oxygens (including phenoxy) is 1. The van der Waals surface area contributed by atoms with Gasteiger partial charge in [0.15, 0.2) is 0 Å². The minimum Gasteiger partial charge on any atom is -0.496 e. The van der Waals surface area contributed by atoms with Crippen molar-refractivity contribution in [3.8, 4) is 5.75 Å². The van der Waals surface area contributed by atoms with Gasteiger partial charge >= 0.3 is 0 Å². The molecule has 76 valence electrons. The van der Waals surface area contributed by atoms with Crippen LogP contribution in [0.15, 0.2) is 24.3 Å². The fourth-order valence-electron chi connectivity index (χ4n) is 2.06. The molecule has 0 heterocycles. The highest BCUT2D eigenvalue weighted by molar-refractivity contribution is 5.39. The lowest BCUT2D eigenvalue weighted by atomic mass is 9.71. The minimum absolute atomic E-state index is 0.116. The number of hydrogen-bond donors (Lipinski definition) is 2. The Bertz CT molecular complexity index is 332. The molecule has 1 aliphatic rings. The van der Waals surface area contributed by atoms with Crippen LogP contribution in [0.1, 0.15) is 18.4 Å². The molecule has 0 amide bonds. The monoisotopic (exact) mass is 193 g/mol. The Hall–Kier alpha value is -1.06. The van der Waals surface area contributed by atoms with E-state index in [0.29, 0.717) is 12.8 Å². The zero-order valence-corrected chi connectivity index (χ0v) is 8.23. The third-order valence-corrected chi connectivity index (χ3v) is 2.81. The third kappa shape index (κ3) is 1.38. The molecule has 0 aliphatic heterocycles. The van der Waals surface area contributed by atoms with Gasteiger partial charge in [-0.3, -0.25) is 0 Å². The van der Waals surface area contributed by atoms with Crippen molar-refractivity contribution in [1.82, 2.24) is 0 Å². The first kappa shape index (κ1) is 9.49. The molecule has 1 aromatic rings. The van der Waals surface area contributed by atoms with Gasteiger partial charge in [-0.25, -0.2) is 0 Å². The van der Waals surface area contributed by atoms with Gasteiger partial charge in [-0.1, -0.05) is 18.2 Å². The van der Waals surface area contributed by atoms with E-state index in [9.17, 15) is 5.11 Å². The Balaban J connectivity index is 2.32. The molecule has 0 bridgehead atoms. The van der Waals surface area contributed by atoms with Crippen molar-refractivity contribution in [3.05, 3.63) is 29.8 Å². The van der Waals surface area contributed by atoms with Gasteiger partial charge in [0.2, 0.25) is 0 Å². The first-order chi connectivity index (χ1) is 6.65. The summed E-state index contributed by atoms with van der Waals surface area (Å²) < 4.78 is 5.20. The van der Waals surface area contributed by atoms with Gasteiger partial charge in [0.05, 0.1) is 12.7 Å². The summed E-state index contributed by atoms with van der Waals surface area (Å²) in [5, 5.41) is 10.2. The van der Waals surface area contributed by atoms with Gasteiger partial charge in [-0.2, -0.15) is 0 Å². The topological polar surface area (TPSA) is 55.5 Å². The molecule has 3 nitrogen and oxygen atoms in total. The summed E-state index contributed by atoms with van der Waals surface area (Å²) in [6.07, 6.45) is 1.24. The molecule has 14 heavy (non-hydrogen) atoms. The third-order valence-electron chi connectivity index (χ3n) is 2.81. The second-order valence-corrected chi connectivity index (χ2v) is 3.90. The van der Waals surface area contributed by atoms with Crippen LogP contribution in [0.4, 0.5) is 0 Å². The normalized spacial score (nSPS) is 30.9. The van der Waals surface area contributed by atoms with E-state index in [-0.39, 0.29) is 6.04 Å². The fraction of sp³-hybridized carbons (Fsp3) is 0.455. The summed E-state index contributed by atoms with van der Waals surface area (Å²) in [5.41, 5.74) is 5.76. The van der Waals surface area contributed by atoms with Gasteiger partial charge in [-0.15, -0.1) is 0 Å². The summed E-state index contributed by atoms with van der Waals surface area (Å²) in [5.74, 6) is 0.738. The van der Waals surface area contributed by atoms with Crippen LogP contribution in [-0.4, -0.2) is 18.3 Å². The van der Waals surface area contributed by atoms with Crippen molar-refractivity contribution in [2.75, 3.05) is 7.11 Å². The average Bonchev–Trinajstić information content (AvgIpc) is 2.15. The predicted molar refractivity (Wildman–Crippen MR) is 54.1 cm³/mol. The summed E-state index contributed by atoms with van der Waals surface area (Å²) in [7, 11) is 1.61. The Morgan fingerprint density at radius 2 is 2.07 bits per heavy atom. The highest BCUT2D eigenvalue weighted by Crippen LogP contribution is 2.43. The van der Waals surface area contributed by atoms with Crippen LogP contribution in [0, 0.1) is 0 Å². The van der Waals surface area contributed by atoms with E-state index in [2.05, 4.69) is 0 Å². The molecular formula is C11H15NO2. The molecule has 3 heteroatoms. The summed E-state index contributed by atoms with van der Waals surface area (Å²) in [6, 6.07) is 7.66. The van der Waals surface area contributed by atoms with Crippen molar-refractivity contribution >= 4 is 0 Å². The van der Waals surface area contributed by atoms with Crippen molar-refractivity contribution in [3.63, 3.8) is 0 Å². The van der Waals surface area contributed by atoms with Crippen LogP contribution in [0.3, 0.4) is 0 Å². The molecule has 0 atom stereocenters. The van der Waals surface area contributed by atoms with Crippen molar-refractivity contribution in [2.45, 2.75) is 24.5 Å². The SMILES string of the molecule is COc1ccccc1C1(O)CC(N)C1. The highest BCUT2D eigenvalue weighted by Gasteiger charge is 2.43. The number of para-hydroxylation sites is 1. The van der Waals surface area contributed by atoms with Gasteiger partial charge < -0.3 is 15.6 Å². The molecule has 1 saturated carbocycles. The lowest BCUT2D eigenvalue weighted by Gasteiger charge is -2.42. The van der Waals surface area contributed by atoms with Crippen molar-refractivity contribution < 1.29 is 9.84 Å². The molecule has 1 fully saturated rings. The largest absolute Gasteiger partial charge is 0.496 e. The van der Waals surface area contributed by atoms with Gasteiger partial charge in [0.25, 0.3) is 0 Å². The Morgan fingerprint density at radius 1 is 1.43 bits per heavy atom. The maximum atomic E-state index is 10.2. The van der Waals surface area contributed by atoms with E-state index >= 15 is 0 Å². The Morgan fingerprint density at radius 3 is 2.64 bits per heavy atom. The van der Waals surface area contributed by atoms with Gasteiger partial charge in [-0.05, 0) is 18.9 Å².